The maximum Gasteiger partial charge on any atom is 0.271 e. The molecule has 0 aromatic rings. The Labute approximate surface area is 43.7 Å². The summed E-state index contributed by atoms with van der Waals surface area (Å²) >= 11 is 0.0673. The molecule has 0 bridgehead atoms. The molecule has 0 saturated carbocycles. The van der Waals surface area contributed by atoms with Gasteiger partial charge in [-0.05, 0) is 0 Å². The molecule has 0 spiro atoms. The minimum absolute atomic E-state index is 0.0673. The predicted octanol–water partition coefficient (Wildman–Crippen LogP) is -2.01. The van der Waals surface area contributed by atoms with Crippen LogP contribution in [0, 0.1) is 0 Å². The second-order valence-electron chi connectivity index (χ2n) is 0.723. The summed E-state index contributed by atoms with van der Waals surface area (Å²) in [6.45, 7) is 0. The van der Waals surface area contributed by atoms with Crippen LogP contribution in [0.3, 0.4) is 0 Å². The Morgan fingerprint density at radius 3 is 2.57 bits per heavy atom. The zero-order valence-electron chi connectivity index (χ0n) is 3.38. The Morgan fingerprint density at radius 1 is 1.86 bits per heavy atom. The van der Waals surface area contributed by atoms with Crippen molar-refractivity contribution in [2.75, 3.05) is 0 Å². The van der Waals surface area contributed by atoms with Crippen LogP contribution in [0.25, 0.3) is 0 Å². The monoisotopic (exact) mass is 120 g/mol. The number of rotatable bonds is 1. The summed E-state index contributed by atoms with van der Waals surface area (Å²) in [6, 6.07) is 0. The van der Waals surface area contributed by atoms with Crippen LogP contribution >= 0.6 is 0 Å². The zero-order valence-corrected chi connectivity index (χ0v) is 4.20. The zero-order chi connectivity index (χ0) is 5.70. The van der Waals surface area contributed by atoms with Crippen molar-refractivity contribution in [2.45, 2.75) is 0 Å². The van der Waals surface area contributed by atoms with E-state index in [1.165, 1.54) is 0 Å². The summed E-state index contributed by atoms with van der Waals surface area (Å²) in [7, 11) is 0. The molecule has 0 aromatic carbocycles. The smallest absolute Gasteiger partial charge is 0.271 e. The summed E-state index contributed by atoms with van der Waals surface area (Å²) in [5.74, 6) is 4.01. The summed E-state index contributed by atoms with van der Waals surface area (Å²) < 4.78 is 9.44. The Morgan fingerprint density at radius 2 is 2.43 bits per heavy atom. The lowest BCUT2D eigenvalue weighted by molar-refractivity contribution is -0.114. The highest BCUT2D eigenvalue weighted by molar-refractivity contribution is 7.66. The third-order valence-electron chi connectivity index (χ3n) is 0.297. The maximum atomic E-state index is 9.90. The third kappa shape index (κ3) is 3.14. The second kappa shape index (κ2) is 3.51. The molecule has 1 amide bonds. The van der Waals surface area contributed by atoms with E-state index in [-0.39, 0.29) is 11.3 Å². The van der Waals surface area contributed by atoms with Crippen molar-refractivity contribution in [3.8, 4) is 0 Å². The molecular weight excluding hydrogens is 116 g/mol. The van der Waals surface area contributed by atoms with E-state index in [9.17, 15) is 9.00 Å². The van der Waals surface area contributed by atoms with Crippen LogP contribution < -0.4 is 11.3 Å². The van der Waals surface area contributed by atoms with E-state index in [0.717, 1.165) is 5.37 Å². The lowest BCUT2D eigenvalue weighted by atomic mass is 10.8. The molecule has 0 radical (unpaired) electrons. The Hall–Kier alpha value is -0.680. The maximum absolute atomic E-state index is 9.90. The lowest BCUT2D eigenvalue weighted by Gasteiger charge is -1.81. The van der Waals surface area contributed by atoms with Crippen molar-refractivity contribution in [2.24, 2.45) is 5.84 Å². The molecule has 0 aliphatic rings. The standard InChI is InChI=1S/C2H4N2O2S/c3-4-2(5)1-7-6/h1H,3H2,(H,4,5). The molecule has 3 N–H and O–H groups in total. The van der Waals surface area contributed by atoms with E-state index in [2.05, 4.69) is 5.84 Å². The fraction of sp³-hybridized carbons (Fsp3) is 0. The van der Waals surface area contributed by atoms with Gasteiger partial charge >= 0.3 is 0 Å². The quantitative estimate of drug-likeness (QED) is 0.182. The first-order valence-electron chi connectivity index (χ1n) is 1.43. The molecular formula is C2H4N2O2S. The summed E-state index contributed by atoms with van der Waals surface area (Å²) in [4.78, 5) is 9.90. The number of carbonyl (C=O) groups is 1. The molecule has 0 rings (SSSR count). The van der Waals surface area contributed by atoms with Gasteiger partial charge in [-0.2, -0.15) is 0 Å². The predicted molar refractivity (Wildman–Crippen MR) is 26.5 cm³/mol. The summed E-state index contributed by atoms with van der Waals surface area (Å²) in [5.41, 5.74) is 1.75. The van der Waals surface area contributed by atoms with Crippen LogP contribution in [-0.2, 0) is 16.1 Å². The fourth-order valence-electron chi connectivity index (χ4n) is 0.0777. The Kier molecular flexibility index (Phi) is 3.17. The van der Waals surface area contributed by atoms with E-state index in [1.54, 1.807) is 5.43 Å². The largest absolute Gasteiger partial charge is 0.290 e. The van der Waals surface area contributed by atoms with Gasteiger partial charge in [-0.15, -0.1) is 0 Å². The van der Waals surface area contributed by atoms with Crippen LogP contribution in [0.5, 0.6) is 0 Å². The molecule has 7 heavy (non-hydrogen) atoms. The van der Waals surface area contributed by atoms with Gasteiger partial charge in [-0.25, -0.2) is 10.1 Å². The van der Waals surface area contributed by atoms with Crippen LogP contribution in [0.4, 0.5) is 0 Å². The number of amides is 1. The van der Waals surface area contributed by atoms with Gasteiger partial charge in [-0.1, -0.05) is 0 Å². The number of nitrogens with two attached hydrogens (primary N) is 1. The van der Waals surface area contributed by atoms with Gasteiger partial charge in [-0.3, -0.25) is 10.2 Å². The van der Waals surface area contributed by atoms with Gasteiger partial charge in [0.1, 0.15) is 0 Å². The normalized spacial score (nSPS) is 7.00. The minimum Gasteiger partial charge on any atom is -0.290 e. The van der Waals surface area contributed by atoms with Gasteiger partial charge in [0.25, 0.3) is 5.91 Å². The first kappa shape index (κ1) is 6.32. The summed E-state index contributed by atoms with van der Waals surface area (Å²) in [5, 5.41) is 0.833. The highest BCUT2D eigenvalue weighted by atomic mass is 32.1. The first-order chi connectivity index (χ1) is 3.31. The Balaban J connectivity index is 3.58. The molecule has 0 fully saturated rings. The minimum atomic E-state index is -0.569. The second-order valence-corrected chi connectivity index (χ2v) is 1.15. The third-order valence-corrected chi connectivity index (χ3v) is 0.608. The molecule has 40 valence electrons. The molecule has 0 aliphatic carbocycles. The SMILES string of the molecule is NNC(=O)C=S=O. The topological polar surface area (TPSA) is 72.2 Å². The highest BCUT2D eigenvalue weighted by Crippen LogP contribution is 1.42. The van der Waals surface area contributed by atoms with E-state index >= 15 is 0 Å². The van der Waals surface area contributed by atoms with Crippen LogP contribution in [0.1, 0.15) is 0 Å². The average Bonchev–Trinajstić information content (AvgIpc) is 1.68. The van der Waals surface area contributed by atoms with Crippen molar-refractivity contribution < 1.29 is 9.00 Å². The van der Waals surface area contributed by atoms with Crippen LogP contribution in [-0.4, -0.2) is 15.5 Å². The van der Waals surface area contributed by atoms with Crippen molar-refractivity contribution >= 4 is 22.5 Å². The van der Waals surface area contributed by atoms with Crippen molar-refractivity contribution in [3.05, 3.63) is 0 Å². The highest BCUT2D eigenvalue weighted by Gasteiger charge is 1.83. The molecule has 0 saturated heterocycles. The fourth-order valence-corrected chi connectivity index (χ4v) is 0.233. The first-order valence-corrected chi connectivity index (χ1v) is 2.24. The van der Waals surface area contributed by atoms with E-state index in [0.29, 0.717) is 0 Å². The van der Waals surface area contributed by atoms with Crippen LogP contribution in [0.2, 0.25) is 0 Å². The number of hydrogen-bond acceptors (Lipinski definition) is 3. The van der Waals surface area contributed by atoms with Crippen LogP contribution in [0.15, 0.2) is 0 Å². The number of hydrazine groups is 1. The van der Waals surface area contributed by atoms with Crippen molar-refractivity contribution in [1.82, 2.24) is 5.43 Å². The van der Waals surface area contributed by atoms with Crippen molar-refractivity contribution in [1.29, 1.82) is 0 Å². The van der Waals surface area contributed by atoms with Gasteiger partial charge in [0, 0.05) is 0 Å². The van der Waals surface area contributed by atoms with E-state index < -0.39 is 5.91 Å². The van der Waals surface area contributed by atoms with Gasteiger partial charge in [0.05, 0.1) is 16.6 Å². The number of hydrogen-bond donors (Lipinski definition) is 2. The molecule has 0 heterocycles. The molecule has 5 heteroatoms. The number of nitrogens with one attached hydrogen (secondary N) is 1. The van der Waals surface area contributed by atoms with Gasteiger partial charge < -0.3 is 0 Å². The van der Waals surface area contributed by atoms with E-state index in [1.807, 2.05) is 0 Å². The number of carbonyl (C=O) groups excluding carboxylic acids is 1. The lowest BCUT2D eigenvalue weighted by Crippen LogP contribution is -2.30. The molecule has 0 aromatic heterocycles. The van der Waals surface area contributed by atoms with Gasteiger partial charge in [0.15, 0.2) is 0 Å². The van der Waals surface area contributed by atoms with Gasteiger partial charge in [0.2, 0.25) is 0 Å². The summed E-state index contributed by atoms with van der Waals surface area (Å²) in [6.07, 6.45) is 0. The molecule has 0 unspecified atom stereocenters. The van der Waals surface area contributed by atoms with Crippen molar-refractivity contribution in [3.63, 3.8) is 0 Å². The molecule has 0 aliphatic heterocycles. The average molecular weight is 120 g/mol. The Bertz CT molecular complexity index is 117. The van der Waals surface area contributed by atoms with E-state index in [4.69, 9.17) is 0 Å². The molecule has 4 nitrogen and oxygen atoms in total. The molecule has 0 atom stereocenters.